The molecule has 6 nitrogen and oxygen atoms in total. The highest BCUT2D eigenvalue weighted by molar-refractivity contribution is 5.94. The van der Waals surface area contributed by atoms with Crippen molar-refractivity contribution >= 4 is 17.9 Å². The summed E-state index contributed by atoms with van der Waals surface area (Å²) in [7, 11) is 3.83. The minimum atomic E-state index is -0.920. The van der Waals surface area contributed by atoms with Crippen molar-refractivity contribution < 1.29 is 28.6 Å². The highest BCUT2D eigenvalue weighted by Crippen LogP contribution is 2.10. The second-order valence-electron chi connectivity index (χ2n) is 4.13. The molecule has 0 aliphatic rings. The van der Waals surface area contributed by atoms with Crippen molar-refractivity contribution in [2.75, 3.05) is 21.3 Å². The zero-order valence-electron chi connectivity index (χ0n) is 12.2. The van der Waals surface area contributed by atoms with Crippen LogP contribution < -0.4 is 0 Å². The van der Waals surface area contributed by atoms with Gasteiger partial charge in [0.1, 0.15) is 0 Å². The van der Waals surface area contributed by atoms with Crippen LogP contribution in [0.15, 0.2) is 12.2 Å². The molecule has 0 unspecified atom stereocenters. The summed E-state index contributed by atoms with van der Waals surface area (Å²) in [5.74, 6) is -2.35. The fourth-order valence-electron chi connectivity index (χ4n) is 1.56. The van der Waals surface area contributed by atoms with E-state index in [1.807, 2.05) is 6.08 Å². The molecule has 0 bridgehead atoms. The molecule has 0 radical (unpaired) electrons. The summed E-state index contributed by atoms with van der Waals surface area (Å²) in [4.78, 5) is 33.6. The molecule has 0 aromatic carbocycles. The Balaban J connectivity index is 3.98. The number of carbonyl (C=O) groups excluding carboxylic acids is 3. The molecule has 0 aromatic rings. The van der Waals surface area contributed by atoms with Gasteiger partial charge in [0.15, 0.2) is 5.92 Å². The van der Waals surface area contributed by atoms with Crippen molar-refractivity contribution in [3.8, 4) is 0 Å². The summed E-state index contributed by atoms with van der Waals surface area (Å²) >= 11 is 0. The third kappa shape index (κ3) is 7.56. The topological polar surface area (TPSA) is 78.9 Å². The molecular formula is C14H22O6. The molecule has 114 valence electrons. The van der Waals surface area contributed by atoms with Gasteiger partial charge >= 0.3 is 17.9 Å². The Morgan fingerprint density at radius 3 is 2.00 bits per heavy atom. The van der Waals surface area contributed by atoms with Crippen LogP contribution in [0, 0.1) is 5.92 Å². The van der Waals surface area contributed by atoms with E-state index in [-0.39, 0.29) is 12.4 Å². The minimum absolute atomic E-state index is 0.217. The van der Waals surface area contributed by atoms with Crippen LogP contribution in [0.2, 0.25) is 0 Å². The van der Waals surface area contributed by atoms with Gasteiger partial charge < -0.3 is 14.2 Å². The number of carbonyl (C=O) groups is 3. The van der Waals surface area contributed by atoms with Crippen molar-refractivity contribution in [3.05, 3.63) is 12.2 Å². The standard InChI is InChI=1S/C14H22O6/c1-18-12(15)10-8-6-4-5-7-9-11(13(16)19-2)14(17)20-3/h5,7,11H,4,6,8-10H2,1-3H3. The molecule has 0 spiro atoms. The van der Waals surface area contributed by atoms with Crippen molar-refractivity contribution in [2.24, 2.45) is 5.92 Å². The maximum absolute atomic E-state index is 11.4. The maximum atomic E-state index is 11.4. The summed E-state index contributed by atoms with van der Waals surface area (Å²) in [6.45, 7) is 0. The summed E-state index contributed by atoms with van der Waals surface area (Å²) in [6.07, 6.45) is 6.62. The number of allylic oxidation sites excluding steroid dienone is 2. The number of ether oxygens (including phenoxy) is 3. The Morgan fingerprint density at radius 2 is 1.50 bits per heavy atom. The van der Waals surface area contributed by atoms with E-state index in [2.05, 4.69) is 14.2 Å². The van der Waals surface area contributed by atoms with Crippen molar-refractivity contribution in [2.45, 2.75) is 32.1 Å². The first kappa shape index (κ1) is 18.1. The van der Waals surface area contributed by atoms with Crippen LogP contribution in [0.1, 0.15) is 32.1 Å². The van der Waals surface area contributed by atoms with Gasteiger partial charge in [0, 0.05) is 6.42 Å². The van der Waals surface area contributed by atoms with Crippen LogP contribution in [0.25, 0.3) is 0 Å². The largest absolute Gasteiger partial charge is 0.469 e. The Hall–Kier alpha value is -1.85. The van der Waals surface area contributed by atoms with E-state index in [0.29, 0.717) is 6.42 Å². The van der Waals surface area contributed by atoms with Crippen LogP contribution in [-0.2, 0) is 28.6 Å². The molecule has 0 amide bonds. The lowest BCUT2D eigenvalue weighted by Gasteiger charge is -2.09. The van der Waals surface area contributed by atoms with Crippen LogP contribution in [0.3, 0.4) is 0 Å². The molecule has 0 N–H and O–H groups in total. The summed E-state index contributed by atoms with van der Waals surface area (Å²) in [5, 5.41) is 0. The first-order valence-electron chi connectivity index (χ1n) is 6.44. The molecule has 0 rings (SSSR count). The number of esters is 3. The fourth-order valence-corrected chi connectivity index (χ4v) is 1.56. The van der Waals surface area contributed by atoms with E-state index in [9.17, 15) is 14.4 Å². The second-order valence-corrected chi connectivity index (χ2v) is 4.13. The Labute approximate surface area is 119 Å². The van der Waals surface area contributed by atoms with Crippen LogP contribution in [0.5, 0.6) is 0 Å². The fraction of sp³-hybridized carbons (Fsp3) is 0.643. The number of methoxy groups -OCH3 is 3. The van der Waals surface area contributed by atoms with E-state index in [1.54, 1.807) is 6.08 Å². The highest BCUT2D eigenvalue weighted by Gasteiger charge is 2.26. The van der Waals surface area contributed by atoms with Gasteiger partial charge in [-0.05, 0) is 25.7 Å². The van der Waals surface area contributed by atoms with E-state index >= 15 is 0 Å². The Morgan fingerprint density at radius 1 is 0.900 bits per heavy atom. The lowest BCUT2D eigenvalue weighted by molar-refractivity contribution is -0.158. The second kappa shape index (κ2) is 11.0. The van der Waals surface area contributed by atoms with Gasteiger partial charge in [-0.2, -0.15) is 0 Å². The molecule has 0 atom stereocenters. The number of hydrogen-bond acceptors (Lipinski definition) is 6. The zero-order chi connectivity index (χ0) is 15.4. The summed E-state index contributed by atoms with van der Waals surface area (Å²) in [5.41, 5.74) is 0. The SMILES string of the molecule is COC(=O)CCCCC=CCC(C(=O)OC)C(=O)OC. The Bertz CT molecular complexity index is 332. The maximum Gasteiger partial charge on any atom is 0.320 e. The molecule has 0 aliphatic carbocycles. The number of unbranched alkanes of at least 4 members (excludes halogenated alkanes) is 2. The number of rotatable bonds is 9. The third-order valence-corrected chi connectivity index (χ3v) is 2.74. The van der Waals surface area contributed by atoms with E-state index < -0.39 is 17.9 Å². The van der Waals surface area contributed by atoms with Gasteiger partial charge in [0.2, 0.25) is 0 Å². The van der Waals surface area contributed by atoms with Crippen molar-refractivity contribution in [1.29, 1.82) is 0 Å². The van der Waals surface area contributed by atoms with Gasteiger partial charge in [-0.3, -0.25) is 14.4 Å². The minimum Gasteiger partial charge on any atom is -0.469 e. The van der Waals surface area contributed by atoms with E-state index in [0.717, 1.165) is 19.3 Å². The third-order valence-electron chi connectivity index (χ3n) is 2.74. The van der Waals surface area contributed by atoms with Crippen LogP contribution in [0.4, 0.5) is 0 Å². The predicted molar refractivity (Wildman–Crippen MR) is 71.8 cm³/mol. The lowest BCUT2D eigenvalue weighted by atomic mass is 10.1. The first-order valence-corrected chi connectivity index (χ1v) is 6.44. The van der Waals surface area contributed by atoms with Gasteiger partial charge in [-0.25, -0.2) is 0 Å². The van der Waals surface area contributed by atoms with Gasteiger partial charge in [0.25, 0.3) is 0 Å². The monoisotopic (exact) mass is 286 g/mol. The average Bonchev–Trinajstić information content (AvgIpc) is 2.48. The molecule has 0 saturated heterocycles. The number of hydrogen-bond donors (Lipinski definition) is 0. The molecule has 0 aromatic heterocycles. The molecule has 0 heterocycles. The molecule has 0 fully saturated rings. The molecule has 0 aliphatic heterocycles. The lowest BCUT2D eigenvalue weighted by Crippen LogP contribution is -2.25. The summed E-state index contributed by atoms with van der Waals surface area (Å²) in [6, 6.07) is 0. The smallest absolute Gasteiger partial charge is 0.320 e. The molecule has 20 heavy (non-hydrogen) atoms. The molecular weight excluding hydrogens is 264 g/mol. The molecule has 0 saturated carbocycles. The highest BCUT2D eigenvalue weighted by atomic mass is 16.5. The van der Waals surface area contributed by atoms with Crippen LogP contribution in [-0.4, -0.2) is 39.2 Å². The Kier molecular flexibility index (Phi) is 10.00. The quantitative estimate of drug-likeness (QED) is 0.211. The van der Waals surface area contributed by atoms with Crippen molar-refractivity contribution in [1.82, 2.24) is 0 Å². The first-order chi connectivity index (χ1) is 9.56. The predicted octanol–water partition coefficient (Wildman–Crippen LogP) is 1.63. The van der Waals surface area contributed by atoms with Gasteiger partial charge in [-0.1, -0.05) is 12.2 Å². The normalized spacial score (nSPS) is 10.6. The van der Waals surface area contributed by atoms with Crippen LogP contribution >= 0.6 is 0 Å². The van der Waals surface area contributed by atoms with E-state index in [4.69, 9.17) is 0 Å². The van der Waals surface area contributed by atoms with E-state index in [1.165, 1.54) is 21.3 Å². The van der Waals surface area contributed by atoms with Gasteiger partial charge in [-0.15, -0.1) is 0 Å². The zero-order valence-corrected chi connectivity index (χ0v) is 12.2. The average molecular weight is 286 g/mol. The summed E-state index contributed by atoms with van der Waals surface area (Å²) < 4.78 is 13.6. The van der Waals surface area contributed by atoms with Gasteiger partial charge in [0.05, 0.1) is 21.3 Å². The van der Waals surface area contributed by atoms with Crippen molar-refractivity contribution in [3.63, 3.8) is 0 Å². The molecule has 6 heteroatoms.